The van der Waals surface area contributed by atoms with E-state index in [2.05, 4.69) is 12.1 Å². The van der Waals surface area contributed by atoms with Gasteiger partial charge in [-0.25, -0.2) is 0 Å². The molecule has 1 saturated heterocycles. The fraction of sp³-hybridized carbons (Fsp3) is 0.600. The molecule has 1 heterocycles. The maximum atomic E-state index is 6.13. The first-order valence-corrected chi connectivity index (χ1v) is 7.18. The van der Waals surface area contributed by atoms with Gasteiger partial charge in [-0.3, -0.25) is 0 Å². The van der Waals surface area contributed by atoms with Gasteiger partial charge in [0.25, 0.3) is 0 Å². The molecule has 1 aliphatic carbocycles. The first kappa shape index (κ1) is 12.5. The van der Waals surface area contributed by atoms with E-state index < -0.39 is 0 Å². The normalized spacial score (nSPS) is 30.8. The van der Waals surface area contributed by atoms with Crippen molar-refractivity contribution in [1.82, 2.24) is 0 Å². The van der Waals surface area contributed by atoms with Gasteiger partial charge in [-0.2, -0.15) is 0 Å². The van der Waals surface area contributed by atoms with Crippen LogP contribution < -0.4 is 5.73 Å². The van der Waals surface area contributed by atoms with Crippen molar-refractivity contribution >= 4 is 11.6 Å². The van der Waals surface area contributed by atoms with Crippen molar-refractivity contribution < 1.29 is 4.74 Å². The molecule has 1 saturated carbocycles. The Kier molecular flexibility index (Phi) is 3.35. The molecule has 1 aromatic carbocycles. The van der Waals surface area contributed by atoms with E-state index in [4.69, 9.17) is 22.1 Å². The quantitative estimate of drug-likeness (QED) is 0.892. The number of rotatable bonds is 2. The molecule has 2 N–H and O–H groups in total. The lowest BCUT2D eigenvalue weighted by Gasteiger charge is -2.49. The molecule has 0 unspecified atom stereocenters. The van der Waals surface area contributed by atoms with E-state index in [0.717, 1.165) is 31.1 Å². The Balaban J connectivity index is 1.86. The van der Waals surface area contributed by atoms with E-state index >= 15 is 0 Å². The van der Waals surface area contributed by atoms with Crippen LogP contribution in [0.5, 0.6) is 0 Å². The van der Waals surface area contributed by atoms with Crippen molar-refractivity contribution in [3.63, 3.8) is 0 Å². The highest BCUT2D eigenvalue weighted by atomic mass is 35.5. The van der Waals surface area contributed by atoms with Gasteiger partial charge in [0.15, 0.2) is 0 Å². The highest BCUT2D eigenvalue weighted by Gasteiger charge is 2.47. The third kappa shape index (κ3) is 2.07. The number of hydrogen-bond donors (Lipinski definition) is 1. The summed E-state index contributed by atoms with van der Waals surface area (Å²) in [4.78, 5) is 0. The lowest BCUT2D eigenvalue weighted by Crippen LogP contribution is -2.53. The molecule has 1 aliphatic heterocycles. The minimum Gasteiger partial charge on any atom is -0.379 e. The molecule has 2 fully saturated rings. The van der Waals surface area contributed by atoms with Crippen molar-refractivity contribution in [3.8, 4) is 0 Å². The molecule has 0 bridgehead atoms. The highest BCUT2D eigenvalue weighted by molar-refractivity contribution is 6.30. The van der Waals surface area contributed by atoms with Crippen molar-refractivity contribution in [2.75, 3.05) is 13.2 Å². The second-order valence-corrected chi connectivity index (χ2v) is 6.21. The van der Waals surface area contributed by atoms with Gasteiger partial charge in [0, 0.05) is 16.5 Å². The van der Waals surface area contributed by atoms with Crippen LogP contribution in [0.2, 0.25) is 5.02 Å². The van der Waals surface area contributed by atoms with E-state index in [9.17, 15) is 0 Å². The zero-order valence-corrected chi connectivity index (χ0v) is 11.3. The van der Waals surface area contributed by atoms with E-state index in [0.29, 0.717) is 12.0 Å². The topological polar surface area (TPSA) is 35.2 Å². The van der Waals surface area contributed by atoms with Gasteiger partial charge in [-0.1, -0.05) is 23.7 Å². The molecule has 3 heteroatoms. The largest absolute Gasteiger partial charge is 0.379 e. The maximum absolute atomic E-state index is 6.13. The summed E-state index contributed by atoms with van der Waals surface area (Å²) in [6.45, 7) is 1.68. The van der Waals surface area contributed by atoms with Crippen LogP contribution in [0.1, 0.15) is 31.2 Å². The molecular weight excluding hydrogens is 246 g/mol. The van der Waals surface area contributed by atoms with Crippen LogP contribution in [0.25, 0.3) is 0 Å². The van der Waals surface area contributed by atoms with Crippen LogP contribution in [0.15, 0.2) is 24.3 Å². The van der Waals surface area contributed by atoms with Crippen LogP contribution in [-0.4, -0.2) is 19.3 Å². The predicted octanol–water partition coefficient (Wildman–Crippen LogP) is 3.13. The molecule has 0 aromatic heterocycles. The van der Waals surface area contributed by atoms with Gasteiger partial charge < -0.3 is 10.5 Å². The first-order valence-electron chi connectivity index (χ1n) is 6.80. The number of hydrogen-bond acceptors (Lipinski definition) is 2. The summed E-state index contributed by atoms with van der Waals surface area (Å²) in [6.07, 6.45) is 4.73. The zero-order chi connectivity index (χ0) is 12.6. The molecule has 2 aliphatic rings. The van der Waals surface area contributed by atoms with Gasteiger partial charge in [0.05, 0.1) is 13.2 Å². The summed E-state index contributed by atoms with van der Waals surface area (Å²) < 4.78 is 5.54. The molecule has 0 amide bonds. The lowest BCUT2D eigenvalue weighted by atomic mass is 9.63. The van der Waals surface area contributed by atoms with Crippen molar-refractivity contribution in [3.05, 3.63) is 34.9 Å². The van der Waals surface area contributed by atoms with E-state index in [1.807, 2.05) is 12.1 Å². The Hall–Kier alpha value is -0.570. The Morgan fingerprint density at radius 1 is 1.17 bits per heavy atom. The number of ether oxygens (including phenoxy) is 1. The van der Waals surface area contributed by atoms with Crippen LogP contribution in [0.3, 0.4) is 0 Å². The number of nitrogens with two attached hydrogens (primary N) is 1. The summed E-state index contributed by atoms with van der Waals surface area (Å²) in [5.74, 6) is 0.699. The van der Waals surface area contributed by atoms with Crippen LogP contribution in [0, 0.1) is 5.92 Å². The fourth-order valence-corrected chi connectivity index (χ4v) is 3.62. The summed E-state index contributed by atoms with van der Waals surface area (Å²) in [5.41, 5.74) is 7.56. The van der Waals surface area contributed by atoms with E-state index in [1.54, 1.807) is 0 Å². The summed E-state index contributed by atoms with van der Waals surface area (Å²) in [6, 6.07) is 8.70. The zero-order valence-electron chi connectivity index (χ0n) is 10.6. The van der Waals surface area contributed by atoms with Gasteiger partial charge in [0.1, 0.15) is 0 Å². The first-order chi connectivity index (χ1) is 8.71. The van der Waals surface area contributed by atoms with E-state index in [1.165, 1.54) is 18.4 Å². The Morgan fingerprint density at radius 2 is 1.89 bits per heavy atom. The standard InChI is InChI=1S/C15H20ClNO/c16-13-3-1-2-12(8-13)15(9-18-10-15)11-4-6-14(17)7-5-11/h1-3,8,11,14H,4-7,9-10,17H2. The number of benzene rings is 1. The fourth-order valence-electron chi connectivity index (χ4n) is 3.43. The average molecular weight is 266 g/mol. The maximum Gasteiger partial charge on any atom is 0.0588 e. The molecule has 98 valence electrons. The van der Waals surface area contributed by atoms with Gasteiger partial charge >= 0.3 is 0 Å². The Morgan fingerprint density at radius 3 is 2.44 bits per heavy atom. The molecule has 0 atom stereocenters. The van der Waals surface area contributed by atoms with Gasteiger partial charge in [0.2, 0.25) is 0 Å². The monoisotopic (exact) mass is 265 g/mol. The van der Waals surface area contributed by atoms with Crippen LogP contribution in [0.4, 0.5) is 0 Å². The lowest BCUT2D eigenvalue weighted by molar-refractivity contribution is -0.0984. The van der Waals surface area contributed by atoms with E-state index in [-0.39, 0.29) is 5.41 Å². The van der Waals surface area contributed by atoms with Gasteiger partial charge in [-0.15, -0.1) is 0 Å². The molecular formula is C15H20ClNO. The molecule has 2 nitrogen and oxygen atoms in total. The molecule has 3 rings (SSSR count). The second kappa shape index (κ2) is 4.84. The van der Waals surface area contributed by atoms with Crippen molar-refractivity contribution in [1.29, 1.82) is 0 Å². The summed E-state index contributed by atoms with van der Waals surface area (Å²) in [5, 5.41) is 0.825. The summed E-state index contributed by atoms with van der Waals surface area (Å²) in [7, 11) is 0. The van der Waals surface area contributed by atoms with Crippen LogP contribution in [-0.2, 0) is 10.2 Å². The van der Waals surface area contributed by atoms with Crippen molar-refractivity contribution in [2.45, 2.75) is 37.1 Å². The highest BCUT2D eigenvalue weighted by Crippen LogP contribution is 2.46. The third-order valence-electron chi connectivity index (χ3n) is 4.67. The second-order valence-electron chi connectivity index (χ2n) is 5.77. The smallest absolute Gasteiger partial charge is 0.0588 e. The molecule has 0 radical (unpaired) electrons. The van der Waals surface area contributed by atoms with Gasteiger partial charge in [-0.05, 0) is 49.3 Å². The molecule has 1 aromatic rings. The van der Waals surface area contributed by atoms with Crippen LogP contribution >= 0.6 is 11.6 Å². The van der Waals surface area contributed by atoms with Crippen molar-refractivity contribution in [2.24, 2.45) is 11.7 Å². The Labute approximate surface area is 113 Å². The SMILES string of the molecule is NC1CCC(C2(c3cccc(Cl)c3)COC2)CC1. The minimum absolute atomic E-state index is 0.199. The number of halogens is 1. The Bertz CT molecular complexity index is 422. The predicted molar refractivity (Wildman–Crippen MR) is 73.9 cm³/mol. The third-order valence-corrected chi connectivity index (χ3v) is 4.91. The molecule has 0 spiro atoms. The molecule has 18 heavy (non-hydrogen) atoms. The average Bonchev–Trinajstić information content (AvgIpc) is 2.30. The minimum atomic E-state index is 0.199. The summed E-state index contributed by atoms with van der Waals surface area (Å²) >= 11 is 6.13.